The number of hydrogen-bond donors (Lipinski definition) is 4. The summed E-state index contributed by atoms with van der Waals surface area (Å²) in [5.74, 6) is -2.08. The number of rotatable bonds is 9. The van der Waals surface area contributed by atoms with Crippen molar-refractivity contribution < 1.29 is 29.1 Å². The summed E-state index contributed by atoms with van der Waals surface area (Å²) >= 11 is 9.31. The predicted molar refractivity (Wildman–Crippen MR) is 138 cm³/mol. The maximum absolute atomic E-state index is 13.1. The Morgan fingerprint density at radius 2 is 2.19 bits per heavy atom. The molecule has 4 heterocycles. The molecule has 4 rings (SSSR count). The molecule has 2 aliphatic heterocycles. The summed E-state index contributed by atoms with van der Waals surface area (Å²) < 4.78 is 0. The van der Waals surface area contributed by atoms with Gasteiger partial charge in [0.15, 0.2) is 5.15 Å². The fourth-order valence-electron chi connectivity index (χ4n) is 3.66. The Balaban J connectivity index is 1.48. The van der Waals surface area contributed by atoms with Gasteiger partial charge in [0.25, 0.3) is 10.9 Å². The zero-order valence-electron chi connectivity index (χ0n) is 18.8. The first kappa shape index (κ1) is 26.8. The van der Waals surface area contributed by atoms with Gasteiger partial charge < -0.3 is 26.3 Å². The molecule has 0 radical (unpaired) electrons. The number of carboxylic acids is 1. The van der Waals surface area contributed by atoms with E-state index in [4.69, 9.17) is 11.6 Å². The normalized spacial score (nSPS) is 19.4. The van der Waals surface area contributed by atoms with Crippen molar-refractivity contribution in [3.05, 3.63) is 68.9 Å². The van der Waals surface area contributed by atoms with E-state index in [-0.39, 0.29) is 27.4 Å². The lowest BCUT2D eigenvalue weighted by Gasteiger charge is -2.49. The number of nitrogens with one attached hydrogen (secondary N) is 3. The van der Waals surface area contributed by atoms with Crippen molar-refractivity contribution in [1.82, 2.24) is 25.9 Å². The first-order chi connectivity index (χ1) is 17.7. The van der Waals surface area contributed by atoms with Crippen molar-refractivity contribution in [2.45, 2.75) is 22.5 Å². The molecule has 0 spiro atoms. The lowest BCUT2D eigenvalue weighted by molar-refractivity contribution is -0.706. The van der Waals surface area contributed by atoms with Gasteiger partial charge in [-0.1, -0.05) is 24.2 Å². The zero-order valence-corrected chi connectivity index (χ0v) is 22.0. The molecule has 0 bridgehead atoms. The highest BCUT2D eigenvalue weighted by Gasteiger charge is 2.54. The highest BCUT2D eigenvalue weighted by molar-refractivity contribution is 8.01. The van der Waals surface area contributed by atoms with Crippen LogP contribution in [0.25, 0.3) is 0 Å². The highest BCUT2D eigenvalue weighted by Crippen LogP contribution is 2.41. The summed E-state index contributed by atoms with van der Waals surface area (Å²) in [5, 5.41) is 34.2. The van der Waals surface area contributed by atoms with Gasteiger partial charge in [-0.25, -0.2) is 9.59 Å². The van der Waals surface area contributed by atoms with Crippen LogP contribution in [-0.4, -0.2) is 61.8 Å². The van der Waals surface area contributed by atoms with Crippen LogP contribution in [0, 0.1) is 5.21 Å². The number of aliphatic carboxylic acids is 1. The number of nitrogens with zero attached hydrogens (tertiary/aromatic N) is 3. The second-order valence-electron chi connectivity index (χ2n) is 7.58. The van der Waals surface area contributed by atoms with Crippen molar-refractivity contribution in [2.75, 3.05) is 11.5 Å². The number of halogens is 1. The molecule has 1 fully saturated rings. The van der Waals surface area contributed by atoms with Crippen LogP contribution in [0.2, 0.25) is 5.15 Å². The Labute approximate surface area is 227 Å². The van der Waals surface area contributed by atoms with E-state index in [2.05, 4.69) is 27.6 Å². The molecule has 2 aliphatic rings. The molecule has 1 saturated heterocycles. The Morgan fingerprint density at radius 3 is 2.84 bits per heavy atom. The number of carbonyl (C=O) groups is 4. The van der Waals surface area contributed by atoms with Crippen LogP contribution in [0.3, 0.4) is 0 Å². The number of carboxylic acid groups (broad SMARTS) is 1. The molecule has 16 heteroatoms. The Hall–Kier alpha value is -3.27. The first-order valence-corrected chi connectivity index (χ1v) is 13.8. The average molecular weight is 583 g/mol. The molecular formula is C21H19ClN6O6S3. The van der Waals surface area contributed by atoms with Crippen molar-refractivity contribution in [3.8, 4) is 0 Å². The van der Waals surface area contributed by atoms with Crippen LogP contribution in [0.5, 0.6) is 0 Å². The van der Waals surface area contributed by atoms with Crippen molar-refractivity contribution in [3.63, 3.8) is 0 Å². The SMILES string of the molecule is C=CNC(=O)NC(C(=O)N[C@@H]1C(=O)N2C(C(=O)O)=C(CSc3ccc(Cl)n[n+]3[O-])CSC12)c1cccs1. The molecule has 2 aromatic rings. The van der Waals surface area contributed by atoms with Crippen LogP contribution >= 0.6 is 46.5 Å². The third-order valence-electron chi connectivity index (χ3n) is 5.28. The first-order valence-electron chi connectivity index (χ1n) is 10.5. The Bertz CT molecular complexity index is 1290. The molecule has 37 heavy (non-hydrogen) atoms. The number of thiophene rings is 1. The smallest absolute Gasteiger partial charge is 0.352 e. The Kier molecular flexibility index (Phi) is 8.26. The largest absolute Gasteiger partial charge is 0.593 e. The molecule has 4 N–H and O–H groups in total. The summed E-state index contributed by atoms with van der Waals surface area (Å²) in [7, 11) is 0. The third kappa shape index (κ3) is 5.69. The average Bonchev–Trinajstić information content (AvgIpc) is 3.39. The van der Waals surface area contributed by atoms with Crippen LogP contribution in [0.4, 0.5) is 4.79 Å². The van der Waals surface area contributed by atoms with Gasteiger partial charge in [0.05, 0.1) is 0 Å². The molecule has 0 aliphatic carbocycles. The number of aromatic nitrogens is 2. The minimum absolute atomic E-state index is 0.0259. The maximum Gasteiger partial charge on any atom is 0.352 e. The van der Waals surface area contributed by atoms with Gasteiger partial charge in [0.1, 0.15) is 23.2 Å². The summed E-state index contributed by atoms with van der Waals surface area (Å²) in [6.45, 7) is 3.41. The number of carbonyl (C=O) groups excluding carboxylic acids is 3. The minimum atomic E-state index is -1.29. The van der Waals surface area contributed by atoms with Gasteiger partial charge in [-0.05, 0) is 45.9 Å². The molecular weight excluding hydrogens is 564 g/mol. The predicted octanol–water partition coefficient (Wildman–Crippen LogP) is 1.44. The van der Waals surface area contributed by atoms with Crippen LogP contribution in [0.1, 0.15) is 10.9 Å². The molecule has 2 unspecified atom stereocenters. The van der Waals surface area contributed by atoms with Crippen LogP contribution < -0.4 is 20.8 Å². The molecule has 3 atom stereocenters. The topological polar surface area (TPSA) is 168 Å². The van der Waals surface area contributed by atoms with Crippen LogP contribution in [-0.2, 0) is 14.4 Å². The van der Waals surface area contributed by atoms with E-state index in [1.54, 1.807) is 17.5 Å². The van der Waals surface area contributed by atoms with Crippen LogP contribution in [0.15, 0.2) is 58.7 Å². The quantitative estimate of drug-likeness (QED) is 0.148. The number of thioether (sulfide) groups is 2. The Morgan fingerprint density at radius 1 is 1.41 bits per heavy atom. The summed E-state index contributed by atoms with van der Waals surface area (Å²) in [6, 6.07) is 3.62. The molecule has 194 valence electrons. The van der Waals surface area contributed by atoms with E-state index in [1.165, 1.54) is 41.4 Å². The van der Waals surface area contributed by atoms with E-state index in [0.717, 1.165) is 16.7 Å². The van der Waals surface area contributed by atoms with Gasteiger partial charge in [-0.3, -0.25) is 14.5 Å². The minimum Gasteiger partial charge on any atom is -0.593 e. The van der Waals surface area contributed by atoms with E-state index < -0.39 is 41.3 Å². The van der Waals surface area contributed by atoms with Gasteiger partial charge >= 0.3 is 12.0 Å². The fourth-order valence-corrected chi connectivity index (χ4v) is 6.91. The second kappa shape index (κ2) is 11.4. The van der Waals surface area contributed by atoms with Gasteiger partial charge in [0.2, 0.25) is 5.91 Å². The standard InChI is InChI=1S/C21H19ClN6O6S3/c1-2-23-21(33)25-14(11-4-3-7-35-11)17(29)24-15-18(30)27-16(20(31)32)10(9-37-19(15)27)8-36-13-6-5-12(22)26-28(13)34/h2-7,14-15,19H,1,8-9H2,(H,24,29)(H,31,32)(H2,23,25,33)/t14?,15-,19?/m1/s1. The fraction of sp³-hybridized carbons (Fsp3) is 0.238. The highest BCUT2D eigenvalue weighted by atomic mass is 35.5. The summed E-state index contributed by atoms with van der Waals surface area (Å²) in [4.78, 5) is 52.2. The molecule has 4 amide bonds. The number of amides is 4. The van der Waals surface area contributed by atoms with Crippen molar-refractivity contribution >= 4 is 70.3 Å². The van der Waals surface area contributed by atoms with E-state index in [9.17, 15) is 29.5 Å². The van der Waals surface area contributed by atoms with E-state index in [0.29, 0.717) is 15.3 Å². The summed E-state index contributed by atoms with van der Waals surface area (Å²) in [6.07, 6.45) is 1.17. The molecule has 2 aromatic heterocycles. The number of β-lactam (4-membered cyclic amide) rings is 1. The van der Waals surface area contributed by atoms with E-state index in [1.807, 2.05) is 0 Å². The second-order valence-corrected chi connectivity index (χ2v) is 11.0. The lowest BCUT2D eigenvalue weighted by Crippen LogP contribution is -2.71. The monoisotopic (exact) mass is 582 g/mol. The van der Waals surface area contributed by atoms with Gasteiger partial charge in [-0.15, -0.1) is 23.1 Å². The lowest BCUT2D eigenvalue weighted by atomic mass is 10.0. The number of hydrogen-bond acceptors (Lipinski definition) is 9. The van der Waals surface area contributed by atoms with E-state index >= 15 is 0 Å². The number of urea groups is 1. The zero-order chi connectivity index (χ0) is 26.7. The van der Waals surface area contributed by atoms with Crippen molar-refractivity contribution in [1.29, 1.82) is 0 Å². The van der Waals surface area contributed by atoms with Crippen molar-refractivity contribution in [2.24, 2.45) is 0 Å². The third-order valence-corrected chi connectivity index (χ3v) is 8.84. The molecule has 0 saturated carbocycles. The molecule has 0 aromatic carbocycles. The number of fused-ring (bicyclic) bond motifs is 1. The van der Waals surface area contributed by atoms with Gasteiger partial charge in [-0.2, -0.15) is 0 Å². The van der Waals surface area contributed by atoms with Gasteiger partial charge in [0, 0.05) is 27.5 Å². The summed E-state index contributed by atoms with van der Waals surface area (Å²) in [5.41, 5.74) is 0.274. The maximum atomic E-state index is 13.1. The molecule has 12 nitrogen and oxygen atoms in total.